The van der Waals surface area contributed by atoms with Gasteiger partial charge >= 0.3 is 0 Å². The topological polar surface area (TPSA) is 52.1 Å². The number of nitrogens with zero attached hydrogens (tertiary/aromatic N) is 2. The van der Waals surface area contributed by atoms with E-state index in [2.05, 4.69) is 14.9 Å². The summed E-state index contributed by atoms with van der Waals surface area (Å²) in [4.78, 5) is 10.4. The van der Waals surface area contributed by atoms with E-state index >= 15 is 0 Å². The monoisotopic (exact) mass is 305 g/mol. The van der Waals surface area contributed by atoms with Gasteiger partial charge in [0.2, 0.25) is 0 Å². The zero-order chi connectivity index (χ0) is 15.4. The predicted octanol–water partition coefficient (Wildman–Crippen LogP) is 3.39. The van der Waals surface area contributed by atoms with Crippen molar-refractivity contribution in [3.05, 3.63) is 29.8 Å². The van der Waals surface area contributed by atoms with Crippen LogP contribution in [0.3, 0.4) is 0 Å². The summed E-state index contributed by atoms with van der Waals surface area (Å²) in [5.74, 6) is 0.739. The van der Waals surface area contributed by atoms with E-state index in [4.69, 9.17) is 5.11 Å². The third-order valence-corrected chi connectivity index (χ3v) is 4.49. The predicted molar refractivity (Wildman–Crippen MR) is 85.2 cm³/mol. The average Bonchev–Trinajstić information content (AvgIpc) is 3.12. The summed E-state index contributed by atoms with van der Waals surface area (Å²) >= 11 is 0. The molecule has 3 rings (SSSR count). The summed E-state index contributed by atoms with van der Waals surface area (Å²) in [6, 6.07) is 5.03. The summed E-state index contributed by atoms with van der Waals surface area (Å²) in [6.07, 6.45) is 6.61. The number of likely N-dealkylation sites (tertiary alicyclic amines) is 1. The van der Waals surface area contributed by atoms with Gasteiger partial charge in [-0.1, -0.05) is 12.8 Å². The molecule has 1 aliphatic heterocycles. The highest BCUT2D eigenvalue weighted by Gasteiger charge is 2.27. The maximum absolute atomic E-state index is 13.3. The third kappa shape index (κ3) is 3.47. The SMILES string of the molecule is OCCCCCCN1CCC[C@H]1c1nc2ccc(F)cc2[nH]1. The number of fused-ring (bicyclic) bond motifs is 1. The number of aromatic nitrogens is 2. The molecular weight excluding hydrogens is 281 g/mol. The number of aliphatic hydroxyl groups is 1. The minimum absolute atomic E-state index is 0.227. The quantitative estimate of drug-likeness (QED) is 0.771. The molecule has 0 bridgehead atoms. The van der Waals surface area contributed by atoms with E-state index in [0.717, 1.165) is 62.1 Å². The van der Waals surface area contributed by atoms with E-state index in [9.17, 15) is 4.39 Å². The number of H-pyrrole nitrogens is 1. The second-order valence-electron chi connectivity index (χ2n) is 6.12. The molecule has 1 aromatic carbocycles. The fraction of sp³-hybridized carbons (Fsp3) is 0.588. The van der Waals surface area contributed by atoms with Gasteiger partial charge in [0.05, 0.1) is 17.1 Å². The van der Waals surface area contributed by atoms with Crippen LogP contribution in [0.15, 0.2) is 18.2 Å². The smallest absolute Gasteiger partial charge is 0.125 e. The summed E-state index contributed by atoms with van der Waals surface area (Å²) in [5, 5.41) is 8.81. The van der Waals surface area contributed by atoms with Gasteiger partial charge in [0, 0.05) is 6.61 Å². The van der Waals surface area contributed by atoms with Gasteiger partial charge < -0.3 is 10.1 Å². The highest BCUT2D eigenvalue weighted by atomic mass is 19.1. The lowest BCUT2D eigenvalue weighted by atomic mass is 10.1. The van der Waals surface area contributed by atoms with Crippen molar-refractivity contribution in [2.45, 2.75) is 44.6 Å². The zero-order valence-corrected chi connectivity index (χ0v) is 12.9. The Morgan fingerprint density at radius 1 is 1.27 bits per heavy atom. The first-order valence-corrected chi connectivity index (χ1v) is 8.28. The van der Waals surface area contributed by atoms with Crippen molar-refractivity contribution >= 4 is 11.0 Å². The van der Waals surface area contributed by atoms with Crippen LogP contribution >= 0.6 is 0 Å². The molecule has 0 unspecified atom stereocenters. The number of halogens is 1. The van der Waals surface area contributed by atoms with Crippen molar-refractivity contribution in [1.29, 1.82) is 0 Å². The number of benzene rings is 1. The van der Waals surface area contributed by atoms with Crippen LogP contribution in [0.5, 0.6) is 0 Å². The number of hydrogen-bond donors (Lipinski definition) is 2. The second-order valence-corrected chi connectivity index (χ2v) is 6.12. The zero-order valence-electron chi connectivity index (χ0n) is 12.9. The Morgan fingerprint density at radius 3 is 3.00 bits per heavy atom. The van der Waals surface area contributed by atoms with Crippen molar-refractivity contribution in [3.63, 3.8) is 0 Å². The Labute approximate surface area is 130 Å². The Balaban J connectivity index is 1.63. The summed E-state index contributed by atoms with van der Waals surface area (Å²) in [6.45, 7) is 2.47. The largest absolute Gasteiger partial charge is 0.396 e. The Morgan fingerprint density at radius 2 is 2.14 bits per heavy atom. The number of nitrogens with one attached hydrogen (secondary N) is 1. The third-order valence-electron chi connectivity index (χ3n) is 4.49. The summed E-state index contributed by atoms with van der Waals surface area (Å²) in [5.41, 5.74) is 1.62. The molecule has 2 heterocycles. The fourth-order valence-electron chi connectivity index (χ4n) is 3.34. The van der Waals surface area contributed by atoms with Crippen molar-refractivity contribution < 1.29 is 9.50 Å². The molecule has 1 atom stereocenters. The maximum atomic E-state index is 13.3. The minimum atomic E-state index is -0.227. The number of hydrogen-bond acceptors (Lipinski definition) is 3. The van der Waals surface area contributed by atoms with Gasteiger partial charge in [-0.25, -0.2) is 9.37 Å². The van der Waals surface area contributed by atoms with E-state index in [-0.39, 0.29) is 5.82 Å². The molecule has 1 fully saturated rings. The molecule has 1 aromatic heterocycles. The molecule has 2 aromatic rings. The highest BCUT2D eigenvalue weighted by Crippen LogP contribution is 2.31. The van der Waals surface area contributed by atoms with Crippen LogP contribution < -0.4 is 0 Å². The molecule has 0 aliphatic carbocycles. The van der Waals surface area contributed by atoms with Crippen LogP contribution in [0, 0.1) is 5.82 Å². The van der Waals surface area contributed by atoms with Gasteiger partial charge in [-0.15, -0.1) is 0 Å². The summed E-state index contributed by atoms with van der Waals surface area (Å²) < 4.78 is 13.3. The molecule has 22 heavy (non-hydrogen) atoms. The second kappa shape index (κ2) is 7.20. The first-order valence-electron chi connectivity index (χ1n) is 8.28. The molecule has 1 saturated heterocycles. The van der Waals surface area contributed by atoms with E-state index in [1.54, 1.807) is 6.07 Å². The van der Waals surface area contributed by atoms with Crippen molar-refractivity contribution in [2.75, 3.05) is 19.7 Å². The molecular formula is C17H24FN3O. The molecule has 1 aliphatic rings. The van der Waals surface area contributed by atoms with E-state index < -0.39 is 0 Å². The number of aromatic amines is 1. The van der Waals surface area contributed by atoms with Crippen LogP contribution in [0.25, 0.3) is 11.0 Å². The summed E-state index contributed by atoms with van der Waals surface area (Å²) in [7, 11) is 0. The Bertz CT molecular complexity index is 613. The molecule has 4 nitrogen and oxygen atoms in total. The van der Waals surface area contributed by atoms with Crippen LogP contribution in [0.4, 0.5) is 4.39 Å². The molecule has 0 radical (unpaired) electrons. The van der Waals surface area contributed by atoms with Gasteiger partial charge in [0.25, 0.3) is 0 Å². The molecule has 5 heteroatoms. The number of rotatable bonds is 7. The van der Waals surface area contributed by atoms with Crippen LogP contribution in [0.2, 0.25) is 0 Å². The van der Waals surface area contributed by atoms with Crippen molar-refractivity contribution in [2.24, 2.45) is 0 Å². The fourth-order valence-corrected chi connectivity index (χ4v) is 3.34. The Kier molecular flexibility index (Phi) is 5.05. The van der Waals surface area contributed by atoms with Crippen molar-refractivity contribution in [3.8, 4) is 0 Å². The van der Waals surface area contributed by atoms with Gasteiger partial charge in [-0.05, 0) is 57.0 Å². The first kappa shape index (κ1) is 15.4. The number of imidazole rings is 1. The maximum Gasteiger partial charge on any atom is 0.125 e. The van der Waals surface area contributed by atoms with Crippen LogP contribution in [-0.4, -0.2) is 39.7 Å². The lowest BCUT2D eigenvalue weighted by Gasteiger charge is -2.22. The van der Waals surface area contributed by atoms with Gasteiger partial charge in [-0.2, -0.15) is 0 Å². The van der Waals surface area contributed by atoms with Crippen LogP contribution in [0.1, 0.15) is 50.4 Å². The molecule has 120 valence electrons. The minimum Gasteiger partial charge on any atom is -0.396 e. The Hall–Kier alpha value is -1.46. The number of aliphatic hydroxyl groups excluding tert-OH is 1. The molecule has 0 spiro atoms. The first-order chi connectivity index (χ1) is 10.8. The van der Waals surface area contributed by atoms with Gasteiger partial charge in [0.15, 0.2) is 0 Å². The highest BCUT2D eigenvalue weighted by molar-refractivity contribution is 5.75. The van der Waals surface area contributed by atoms with Crippen molar-refractivity contribution in [1.82, 2.24) is 14.9 Å². The molecule has 0 amide bonds. The van der Waals surface area contributed by atoms with E-state index in [1.807, 2.05) is 0 Å². The molecule has 0 saturated carbocycles. The lowest BCUT2D eigenvalue weighted by Crippen LogP contribution is -2.25. The standard InChI is InChI=1S/C17H24FN3O/c18-13-7-8-14-15(12-13)20-17(19-14)16-6-5-10-21(16)9-3-1-2-4-11-22/h7-8,12,16,22H,1-6,9-11H2,(H,19,20)/t16-/m0/s1. The molecule has 2 N–H and O–H groups in total. The van der Waals surface area contributed by atoms with Crippen LogP contribution in [-0.2, 0) is 0 Å². The van der Waals surface area contributed by atoms with Gasteiger partial charge in [-0.3, -0.25) is 4.90 Å². The normalized spacial score (nSPS) is 19.3. The number of unbranched alkanes of at least 4 members (excludes halogenated alkanes) is 3. The van der Waals surface area contributed by atoms with Gasteiger partial charge in [0.1, 0.15) is 11.6 Å². The van der Waals surface area contributed by atoms with E-state index in [1.165, 1.54) is 18.6 Å². The average molecular weight is 305 g/mol. The van der Waals surface area contributed by atoms with E-state index in [0.29, 0.717) is 12.6 Å². The lowest BCUT2D eigenvalue weighted by molar-refractivity contribution is 0.240.